The lowest BCUT2D eigenvalue weighted by Crippen LogP contribution is -2.58. The van der Waals surface area contributed by atoms with Gasteiger partial charge >= 0.3 is 5.97 Å². The molecular weight excluding hydrogens is 562 g/mol. The van der Waals surface area contributed by atoms with E-state index in [9.17, 15) is 24.3 Å². The maximum absolute atomic E-state index is 14.5. The molecule has 0 aromatic heterocycles. The highest BCUT2D eigenvalue weighted by atomic mass is 16.6. The highest BCUT2D eigenvalue weighted by Crippen LogP contribution is 2.53. The van der Waals surface area contributed by atoms with Gasteiger partial charge in [0.15, 0.2) is 0 Å². The van der Waals surface area contributed by atoms with Crippen LogP contribution in [-0.4, -0.2) is 87.6 Å². The van der Waals surface area contributed by atoms with Crippen molar-refractivity contribution in [1.82, 2.24) is 15.1 Å². The van der Waals surface area contributed by atoms with Crippen molar-refractivity contribution in [2.24, 2.45) is 11.8 Å². The van der Waals surface area contributed by atoms with Gasteiger partial charge in [-0.1, -0.05) is 54.6 Å². The summed E-state index contributed by atoms with van der Waals surface area (Å²) in [5, 5.41) is 12.3. The Morgan fingerprint density at radius 3 is 2.48 bits per heavy atom. The molecular formula is C34H45N3O7. The number of aliphatic hydroxyl groups excluding tert-OH is 1. The van der Waals surface area contributed by atoms with Gasteiger partial charge in [0.05, 0.1) is 18.1 Å². The number of carbonyl (C=O) groups is 4. The standard InChI is InChI=1S/C34H45N3O7/c1-22-28(23-14-7-5-8-15-23)43-32(42)26-24(16-9-10-17-25(39)35-22)44-34-18-13-20-37(33(2,3)4)31(41)29(34)36(30(40)27(26)34)19-11-6-12-21-38/h5,7-9,13-16,18,22,24,26-29,38H,6,10-12,17,19-21H2,1-4H3,(H,35,39)/b16-9-/t22-,24-,26+,27+,28+,29-,34+/m1/s1. The molecule has 2 N–H and O–H groups in total. The number of hydrogen-bond acceptors (Lipinski definition) is 7. The van der Waals surface area contributed by atoms with Crippen molar-refractivity contribution in [2.75, 3.05) is 19.7 Å². The Morgan fingerprint density at radius 2 is 1.77 bits per heavy atom. The van der Waals surface area contributed by atoms with Crippen molar-refractivity contribution in [3.05, 3.63) is 60.2 Å². The van der Waals surface area contributed by atoms with E-state index in [2.05, 4.69) is 5.32 Å². The van der Waals surface area contributed by atoms with Crippen LogP contribution in [0.3, 0.4) is 0 Å². The second kappa shape index (κ2) is 12.9. The number of cyclic esters (lactones) is 1. The summed E-state index contributed by atoms with van der Waals surface area (Å²) >= 11 is 0. The summed E-state index contributed by atoms with van der Waals surface area (Å²) in [7, 11) is 0. The molecule has 10 nitrogen and oxygen atoms in total. The van der Waals surface area contributed by atoms with Crippen molar-refractivity contribution < 1.29 is 33.8 Å². The molecule has 2 fully saturated rings. The number of amides is 3. The fourth-order valence-electron chi connectivity index (χ4n) is 7.12. The highest BCUT2D eigenvalue weighted by Gasteiger charge is 2.72. The largest absolute Gasteiger partial charge is 0.455 e. The number of esters is 1. The number of rotatable bonds is 6. The number of likely N-dealkylation sites (tertiary alicyclic amines) is 1. The van der Waals surface area contributed by atoms with Crippen LogP contribution in [-0.2, 0) is 28.7 Å². The van der Waals surface area contributed by atoms with Gasteiger partial charge in [0.2, 0.25) is 17.7 Å². The van der Waals surface area contributed by atoms with Crippen molar-refractivity contribution in [1.29, 1.82) is 0 Å². The van der Waals surface area contributed by atoms with Gasteiger partial charge in [-0.3, -0.25) is 19.2 Å². The first-order valence-electron chi connectivity index (χ1n) is 15.8. The third kappa shape index (κ3) is 5.94. The predicted octanol–water partition coefficient (Wildman–Crippen LogP) is 3.07. The van der Waals surface area contributed by atoms with Crippen LogP contribution in [0.15, 0.2) is 54.6 Å². The van der Waals surface area contributed by atoms with Gasteiger partial charge in [-0.15, -0.1) is 0 Å². The van der Waals surface area contributed by atoms with Gasteiger partial charge in [0.1, 0.15) is 23.7 Å². The molecule has 1 aromatic rings. The maximum atomic E-state index is 14.5. The third-order valence-electron chi connectivity index (χ3n) is 9.21. The molecule has 0 unspecified atom stereocenters. The first-order chi connectivity index (χ1) is 21.0. The lowest BCUT2D eigenvalue weighted by Gasteiger charge is -2.40. The molecule has 2 saturated heterocycles. The van der Waals surface area contributed by atoms with E-state index >= 15 is 0 Å². The quantitative estimate of drug-likeness (QED) is 0.289. The van der Waals surface area contributed by atoms with Crippen molar-refractivity contribution in [3.8, 4) is 0 Å². The Hall–Kier alpha value is -3.50. The van der Waals surface area contributed by atoms with Gasteiger partial charge in [-0.05, 0) is 58.9 Å². The van der Waals surface area contributed by atoms with Gasteiger partial charge in [0.25, 0.3) is 0 Å². The normalized spacial score (nSPS) is 33.4. The number of nitrogens with zero attached hydrogens (tertiary/aromatic N) is 2. The monoisotopic (exact) mass is 607 g/mol. The Labute approximate surface area is 259 Å². The van der Waals surface area contributed by atoms with E-state index in [4.69, 9.17) is 9.47 Å². The van der Waals surface area contributed by atoms with Crippen molar-refractivity contribution >= 4 is 23.7 Å². The zero-order valence-corrected chi connectivity index (χ0v) is 26.1. The minimum absolute atomic E-state index is 0.0515. The second-order valence-electron chi connectivity index (χ2n) is 13.3. The van der Waals surface area contributed by atoms with Crippen molar-refractivity contribution in [2.45, 2.75) is 95.2 Å². The molecule has 4 heterocycles. The van der Waals surface area contributed by atoms with E-state index in [1.807, 2.05) is 63.3 Å². The van der Waals surface area contributed by atoms with Gasteiger partial charge < -0.3 is 29.7 Å². The van der Waals surface area contributed by atoms with Crippen LogP contribution in [0.1, 0.15) is 71.5 Å². The van der Waals surface area contributed by atoms with Crippen molar-refractivity contribution in [3.63, 3.8) is 0 Å². The summed E-state index contributed by atoms with van der Waals surface area (Å²) in [6, 6.07) is 7.75. The maximum Gasteiger partial charge on any atom is 0.313 e. The molecule has 4 aliphatic rings. The average Bonchev–Trinajstić information content (AvgIpc) is 3.35. The summed E-state index contributed by atoms with van der Waals surface area (Å²) in [5.74, 6) is -3.28. The Balaban J connectivity index is 1.58. The van der Waals surface area contributed by atoms with E-state index in [1.165, 1.54) is 0 Å². The summed E-state index contributed by atoms with van der Waals surface area (Å²) in [6.07, 6.45) is 8.18. The number of aliphatic hydroxyl groups is 1. The van der Waals surface area contributed by atoms with Crippen LogP contribution in [0, 0.1) is 11.8 Å². The molecule has 10 heteroatoms. The van der Waals surface area contributed by atoms with E-state index in [0.717, 1.165) is 5.56 Å². The molecule has 4 aliphatic heterocycles. The average molecular weight is 608 g/mol. The Bertz CT molecular complexity index is 1310. The van der Waals surface area contributed by atoms with Crippen LogP contribution in [0.2, 0.25) is 0 Å². The van der Waals surface area contributed by atoms with Crippen LogP contribution >= 0.6 is 0 Å². The first-order valence-corrected chi connectivity index (χ1v) is 15.8. The molecule has 5 rings (SSSR count). The molecule has 0 aliphatic carbocycles. The highest BCUT2D eigenvalue weighted by molar-refractivity contribution is 5.99. The zero-order valence-electron chi connectivity index (χ0n) is 26.1. The summed E-state index contributed by atoms with van der Waals surface area (Å²) < 4.78 is 13.0. The molecule has 0 saturated carbocycles. The Kier molecular flexibility index (Phi) is 9.32. The number of ether oxygens (including phenoxy) is 2. The first kappa shape index (κ1) is 31.9. The second-order valence-corrected chi connectivity index (χ2v) is 13.3. The number of fused-ring (bicyclic) bond motifs is 2. The van der Waals surface area contributed by atoms with E-state index < -0.39 is 53.2 Å². The number of allylic oxidation sites excluding steroid dienone is 1. The van der Waals surface area contributed by atoms with Gasteiger partial charge in [-0.2, -0.15) is 0 Å². The van der Waals surface area contributed by atoms with Gasteiger partial charge in [-0.25, -0.2) is 0 Å². The SMILES string of the molecule is C[C@H]1NC(=O)CC/C=C\[C@H]2O[C@]34C=CCN(C(C)(C)C)C(=O)[C@H]3N(CCCCCO)C(=O)[C@@H]4[C@H]2C(=O)O[C@@H]1c1ccccc1. The van der Waals surface area contributed by atoms with Crippen LogP contribution in [0.25, 0.3) is 0 Å². The summed E-state index contributed by atoms with van der Waals surface area (Å²) in [4.78, 5) is 59.2. The third-order valence-corrected chi connectivity index (χ3v) is 9.21. The lowest BCUT2D eigenvalue weighted by molar-refractivity contribution is -0.161. The fourth-order valence-corrected chi connectivity index (χ4v) is 7.12. The molecule has 3 amide bonds. The summed E-state index contributed by atoms with van der Waals surface area (Å²) in [6.45, 7) is 8.38. The molecule has 0 bridgehead atoms. The molecule has 1 aromatic carbocycles. The van der Waals surface area contributed by atoms with Gasteiger partial charge in [0, 0.05) is 31.7 Å². The molecule has 238 valence electrons. The topological polar surface area (TPSA) is 125 Å². The van der Waals surface area contributed by atoms with Crippen LogP contribution in [0.5, 0.6) is 0 Å². The molecule has 44 heavy (non-hydrogen) atoms. The molecule has 1 spiro atoms. The fraction of sp³-hybridized carbons (Fsp3) is 0.588. The number of nitrogens with one attached hydrogen (secondary N) is 1. The van der Waals surface area contributed by atoms with E-state index in [-0.39, 0.29) is 30.7 Å². The Morgan fingerprint density at radius 1 is 1.02 bits per heavy atom. The number of hydrogen-bond donors (Lipinski definition) is 2. The number of unbranched alkanes of at least 4 members (excludes halogenated alkanes) is 2. The number of carbonyl (C=O) groups excluding carboxylic acids is 4. The molecule has 0 radical (unpaired) electrons. The molecule has 7 atom stereocenters. The van der Waals surface area contributed by atoms with E-state index in [1.54, 1.807) is 28.9 Å². The van der Waals surface area contributed by atoms with Crippen LogP contribution in [0.4, 0.5) is 0 Å². The zero-order chi connectivity index (χ0) is 31.6. The smallest absolute Gasteiger partial charge is 0.313 e. The lowest BCUT2D eigenvalue weighted by atomic mass is 9.77. The van der Waals surface area contributed by atoms with Crippen LogP contribution < -0.4 is 5.32 Å². The minimum atomic E-state index is -1.37. The minimum Gasteiger partial charge on any atom is -0.455 e. The predicted molar refractivity (Wildman–Crippen MR) is 163 cm³/mol. The van der Waals surface area contributed by atoms with E-state index in [0.29, 0.717) is 38.8 Å². The number of benzene rings is 1. The summed E-state index contributed by atoms with van der Waals surface area (Å²) in [5.41, 5.74) is -1.16.